The maximum Gasteiger partial charge on any atom is 0.305 e. The molecule has 8 nitrogen and oxygen atoms in total. The van der Waals surface area contributed by atoms with Gasteiger partial charge in [0.05, 0.1) is 46.2 Å². The first kappa shape index (κ1) is 25.0. The van der Waals surface area contributed by atoms with Crippen LogP contribution < -0.4 is 0 Å². The van der Waals surface area contributed by atoms with Gasteiger partial charge in [-0.1, -0.05) is 13.3 Å². The van der Waals surface area contributed by atoms with Crippen LogP contribution in [0.1, 0.15) is 45.4 Å². The second-order valence-corrected chi connectivity index (χ2v) is 4.85. The van der Waals surface area contributed by atoms with E-state index in [1.807, 2.05) is 6.92 Å². The molecule has 0 aromatic rings. The molecule has 0 atom stereocenters. The highest BCUT2D eigenvalue weighted by Crippen LogP contribution is 2.01. The second kappa shape index (κ2) is 21.8. The van der Waals surface area contributed by atoms with Crippen LogP contribution in [0.25, 0.3) is 0 Å². The lowest BCUT2D eigenvalue weighted by Gasteiger charge is -2.02. The first-order valence-electron chi connectivity index (χ1n) is 8.33. The van der Waals surface area contributed by atoms with Crippen LogP contribution in [0.5, 0.6) is 0 Å². The maximum absolute atomic E-state index is 11.0. The van der Waals surface area contributed by atoms with Crippen LogP contribution >= 0.6 is 0 Å². The third kappa shape index (κ3) is 25.7. The molecule has 0 fully saturated rings. The smallest absolute Gasteiger partial charge is 0.305 e. The quantitative estimate of drug-likeness (QED) is 0.294. The molecule has 3 N–H and O–H groups in total. The van der Waals surface area contributed by atoms with Crippen molar-refractivity contribution in [2.24, 2.45) is 0 Å². The number of carbonyl (C=O) groups is 2. The van der Waals surface area contributed by atoms with Gasteiger partial charge in [-0.3, -0.25) is 9.59 Å². The van der Waals surface area contributed by atoms with Gasteiger partial charge in [0.25, 0.3) is 0 Å². The van der Waals surface area contributed by atoms with Crippen molar-refractivity contribution < 1.29 is 39.1 Å². The Morgan fingerprint density at radius 2 is 1.33 bits per heavy atom. The highest BCUT2D eigenvalue weighted by Gasteiger charge is 2.03. The predicted octanol–water partition coefficient (Wildman–Crippen LogP) is 0.979. The van der Waals surface area contributed by atoms with E-state index in [2.05, 4.69) is 0 Å². The molecule has 0 saturated carbocycles. The Kier molecular flexibility index (Phi) is 22.7. The molecule has 0 bridgehead atoms. The molecule has 0 saturated heterocycles. The Bertz CT molecular complexity index is 275. The van der Waals surface area contributed by atoms with E-state index in [4.69, 9.17) is 29.5 Å². The van der Waals surface area contributed by atoms with Gasteiger partial charge in [-0.15, -0.1) is 0 Å². The van der Waals surface area contributed by atoms with Crippen molar-refractivity contribution in [3.05, 3.63) is 0 Å². The predicted molar refractivity (Wildman–Crippen MR) is 87.8 cm³/mol. The zero-order valence-electron chi connectivity index (χ0n) is 14.6. The normalized spacial score (nSPS) is 9.96. The van der Waals surface area contributed by atoms with Crippen molar-refractivity contribution in [2.45, 2.75) is 45.4 Å². The number of esters is 1. The lowest BCUT2D eigenvalue weighted by molar-refractivity contribution is -0.144. The Labute approximate surface area is 143 Å². The number of carbonyl (C=O) groups excluding carboxylic acids is 1. The van der Waals surface area contributed by atoms with Crippen LogP contribution in [0.2, 0.25) is 0 Å². The third-order valence-corrected chi connectivity index (χ3v) is 2.63. The molecule has 0 aromatic heterocycles. The third-order valence-electron chi connectivity index (χ3n) is 2.63. The van der Waals surface area contributed by atoms with Crippen molar-refractivity contribution >= 4 is 11.9 Å². The average Bonchev–Trinajstić information content (AvgIpc) is 2.56. The second-order valence-electron chi connectivity index (χ2n) is 4.85. The zero-order chi connectivity index (χ0) is 18.5. The van der Waals surface area contributed by atoms with Gasteiger partial charge in [0.1, 0.15) is 0 Å². The van der Waals surface area contributed by atoms with E-state index >= 15 is 0 Å². The van der Waals surface area contributed by atoms with E-state index in [1.165, 1.54) is 0 Å². The van der Waals surface area contributed by atoms with Gasteiger partial charge in [-0.25, -0.2) is 0 Å². The van der Waals surface area contributed by atoms with Crippen molar-refractivity contribution in [3.8, 4) is 0 Å². The summed E-state index contributed by atoms with van der Waals surface area (Å²) in [5.74, 6) is -1.03. The molecule has 0 unspecified atom stereocenters. The maximum atomic E-state index is 11.0. The molecule has 0 amide bonds. The number of carboxylic acid groups (broad SMARTS) is 1. The first-order valence-corrected chi connectivity index (χ1v) is 8.33. The zero-order valence-corrected chi connectivity index (χ0v) is 14.6. The lowest BCUT2D eigenvalue weighted by Crippen LogP contribution is -2.09. The van der Waals surface area contributed by atoms with Crippen LogP contribution in [0.15, 0.2) is 0 Å². The number of unbranched alkanes of at least 4 members (excludes halogenated alkanes) is 2. The van der Waals surface area contributed by atoms with Crippen LogP contribution in [0.4, 0.5) is 0 Å². The van der Waals surface area contributed by atoms with Crippen LogP contribution in [-0.4, -0.2) is 73.5 Å². The fourth-order valence-corrected chi connectivity index (χ4v) is 1.40. The number of aliphatic hydroxyl groups is 2. The number of carboxylic acids is 1. The fraction of sp³-hybridized carbons (Fsp3) is 0.875. The fourth-order valence-electron chi connectivity index (χ4n) is 1.40. The average molecular weight is 352 g/mol. The number of rotatable bonds is 15. The van der Waals surface area contributed by atoms with Crippen molar-refractivity contribution in [1.82, 2.24) is 0 Å². The molecule has 0 aliphatic carbocycles. The Morgan fingerprint density at radius 1 is 0.792 bits per heavy atom. The molecule has 0 aromatic carbocycles. The lowest BCUT2D eigenvalue weighted by atomic mass is 10.2. The molecule has 144 valence electrons. The van der Waals surface area contributed by atoms with Gasteiger partial charge in [0.15, 0.2) is 0 Å². The summed E-state index contributed by atoms with van der Waals surface area (Å²) in [5, 5.41) is 24.9. The molecule has 0 heterocycles. The Morgan fingerprint density at radius 3 is 1.79 bits per heavy atom. The summed E-state index contributed by atoms with van der Waals surface area (Å²) in [5.41, 5.74) is 0. The molecule has 8 heteroatoms. The van der Waals surface area contributed by atoms with E-state index in [0.29, 0.717) is 52.3 Å². The molecule has 0 rings (SSSR count). The van der Waals surface area contributed by atoms with Crippen molar-refractivity contribution in [3.63, 3.8) is 0 Å². The minimum absolute atomic E-state index is 0.0417. The highest BCUT2D eigenvalue weighted by molar-refractivity contribution is 5.69. The molecule has 0 radical (unpaired) electrons. The Balaban J connectivity index is 0. The van der Waals surface area contributed by atoms with Gasteiger partial charge < -0.3 is 29.5 Å². The highest BCUT2D eigenvalue weighted by atomic mass is 16.5. The minimum Gasteiger partial charge on any atom is -0.481 e. The number of aliphatic carboxylic acids is 1. The van der Waals surface area contributed by atoms with E-state index in [-0.39, 0.29) is 25.6 Å². The standard InChI is InChI=1S/C10H18O4.C6H14O4/c1-2-3-8-14-10(13)7-5-4-6-9(11)12;7-1-3-9-5-6-10-4-2-8/h2-8H2,1H3,(H,11,12);7-8H,1-6H2. The minimum atomic E-state index is -0.815. The Hall–Kier alpha value is -1.22. The largest absolute Gasteiger partial charge is 0.481 e. The van der Waals surface area contributed by atoms with Crippen molar-refractivity contribution in [1.29, 1.82) is 0 Å². The van der Waals surface area contributed by atoms with Gasteiger partial charge in [0, 0.05) is 12.8 Å². The number of hydrogen-bond acceptors (Lipinski definition) is 7. The van der Waals surface area contributed by atoms with E-state index < -0.39 is 5.97 Å². The van der Waals surface area contributed by atoms with Gasteiger partial charge in [-0.05, 0) is 19.3 Å². The molecule has 0 aliphatic rings. The summed E-state index contributed by atoms with van der Waals surface area (Å²) >= 11 is 0. The van der Waals surface area contributed by atoms with Crippen LogP contribution in [-0.2, 0) is 23.8 Å². The van der Waals surface area contributed by atoms with E-state index in [9.17, 15) is 9.59 Å². The van der Waals surface area contributed by atoms with E-state index in [1.54, 1.807) is 0 Å². The molecular formula is C16H32O8. The molecule has 24 heavy (non-hydrogen) atoms. The summed E-state index contributed by atoms with van der Waals surface area (Å²) in [7, 11) is 0. The van der Waals surface area contributed by atoms with Gasteiger partial charge in [0.2, 0.25) is 0 Å². The van der Waals surface area contributed by atoms with E-state index in [0.717, 1.165) is 12.8 Å². The molecule has 0 aliphatic heterocycles. The first-order chi connectivity index (χ1) is 11.6. The number of ether oxygens (including phenoxy) is 3. The molecule has 0 spiro atoms. The van der Waals surface area contributed by atoms with Crippen LogP contribution in [0, 0.1) is 0 Å². The molecular weight excluding hydrogens is 320 g/mol. The van der Waals surface area contributed by atoms with Gasteiger partial charge >= 0.3 is 11.9 Å². The number of hydrogen-bond donors (Lipinski definition) is 3. The SMILES string of the molecule is CCCCOC(=O)CCCCC(=O)O.OCCOCCOCCO. The summed E-state index contributed by atoms with van der Waals surface area (Å²) in [4.78, 5) is 21.1. The van der Waals surface area contributed by atoms with Gasteiger partial charge in [-0.2, -0.15) is 0 Å². The summed E-state index contributed by atoms with van der Waals surface area (Å²) in [6, 6.07) is 0. The van der Waals surface area contributed by atoms with Crippen molar-refractivity contribution in [2.75, 3.05) is 46.2 Å². The monoisotopic (exact) mass is 352 g/mol. The van der Waals surface area contributed by atoms with Crippen LogP contribution in [0.3, 0.4) is 0 Å². The summed E-state index contributed by atoms with van der Waals surface area (Å²) in [6.45, 7) is 4.24. The number of aliphatic hydroxyl groups excluding tert-OH is 2. The summed E-state index contributed by atoms with van der Waals surface area (Å²) < 4.78 is 14.6. The topological polar surface area (TPSA) is 123 Å². The summed E-state index contributed by atoms with van der Waals surface area (Å²) in [6.07, 6.45) is 3.49.